The second-order valence-corrected chi connectivity index (χ2v) is 5.28. The predicted octanol–water partition coefficient (Wildman–Crippen LogP) is 3.17. The number of halogens is 1. The number of nitrogens with one attached hydrogen (secondary N) is 1. The third-order valence-corrected chi connectivity index (χ3v) is 3.22. The van der Waals surface area contributed by atoms with Crippen molar-refractivity contribution in [3.05, 3.63) is 41.5 Å². The Bertz CT molecular complexity index is 704. The summed E-state index contributed by atoms with van der Waals surface area (Å²) in [5.74, 6) is 1.09. The van der Waals surface area contributed by atoms with Crippen LogP contribution in [0.4, 0.5) is 11.4 Å². The fraction of sp³-hybridized carbons (Fsp3) is 0.312. The number of hydrogen-bond acceptors (Lipinski definition) is 5. The number of aryl methyl sites for hydroxylation is 1. The molecule has 0 radical (unpaired) electrons. The summed E-state index contributed by atoms with van der Waals surface area (Å²) in [4.78, 5) is 20.9. The maximum Gasteiger partial charge on any atom is 0.259 e. The number of anilines is 2. The number of hydrogen-bond donors (Lipinski definition) is 2. The predicted molar refractivity (Wildman–Crippen MR) is 93.5 cm³/mol. The van der Waals surface area contributed by atoms with Gasteiger partial charge in [-0.05, 0) is 31.0 Å². The van der Waals surface area contributed by atoms with E-state index >= 15 is 0 Å². The maximum atomic E-state index is 12.5. The Labute approximate surface area is 141 Å². The minimum atomic E-state index is -0.256. The van der Waals surface area contributed by atoms with Crippen LogP contribution in [0.5, 0.6) is 5.75 Å². The Morgan fingerprint density at radius 1 is 1.35 bits per heavy atom. The van der Waals surface area contributed by atoms with Crippen molar-refractivity contribution in [3.63, 3.8) is 0 Å². The van der Waals surface area contributed by atoms with Crippen molar-refractivity contribution in [1.29, 1.82) is 0 Å². The van der Waals surface area contributed by atoms with Gasteiger partial charge in [0, 0.05) is 11.9 Å². The quantitative estimate of drug-likeness (QED) is 0.837. The van der Waals surface area contributed by atoms with Gasteiger partial charge in [0.05, 0.1) is 24.1 Å². The molecule has 0 atom stereocenters. The lowest BCUT2D eigenvalue weighted by Crippen LogP contribution is -2.17. The average molecular weight is 337 g/mol. The highest BCUT2D eigenvalue weighted by Gasteiger charge is 2.17. The highest BCUT2D eigenvalue weighted by Crippen LogP contribution is 2.25. The zero-order valence-corrected chi connectivity index (χ0v) is 14.4. The van der Waals surface area contributed by atoms with Crippen LogP contribution in [-0.2, 0) is 0 Å². The number of benzene rings is 1. The van der Waals surface area contributed by atoms with E-state index < -0.39 is 0 Å². The van der Waals surface area contributed by atoms with Gasteiger partial charge in [-0.15, -0.1) is 12.4 Å². The number of aromatic nitrogens is 2. The van der Waals surface area contributed by atoms with Gasteiger partial charge in [0.25, 0.3) is 5.91 Å². The summed E-state index contributed by atoms with van der Waals surface area (Å²) in [6, 6.07) is 5.10. The molecule has 2 rings (SSSR count). The second kappa shape index (κ2) is 7.78. The number of amides is 1. The number of rotatable bonds is 4. The highest BCUT2D eigenvalue weighted by molar-refractivity contribution is 6.05. The SMILES string of the molecule is COc1ccc(NC(=O)c2cnc(C)nc2C(C)C)cc1N.Cl. The molecule has 6 nitrogen and oxygen atoms in total. The molecule has 0 saturated heterocycles. The van der Waals surface area contributed by atoms with Gasteiger partial charge in [0.15, 0.2) is 0 Å². The molecule has 1 amide bonds. The van der Waals surface area contributed by atoms with E-state index in [0.29, 0.717) is 28.5 Å². The van der Waals surface area contributed by atoms with Crippen molar-refractivity contribution < 1.29 is 9.53 Å². The number of nitrogens with two attached hydrogens (primary N) is 1. The summed E-state index contributed by atoms with van der Waals surface area (Å²) in [7, 11) is 1.54. The average Bonchev–Trinajstić information content (AvgIpc) is 2.47. The van der Waals surface area contributed by atoms with Crippen LogP contribution in [0.2, 0.25) is 0 Å². The largest absolute Gasteiger partial charge is 0.495 e. The van der Waals surface area contributed by atoms with Gasteiger partial charge in [-0.1, -0.05) is 13.8 Å². The van der Waals surface area contributed by atoms with Gasteiger partial charge >= 0.3 is 0 Å². The van der Waals surface area contributed by atoms with Crippen LogP contribution < -0.4 is 15.8 Å². The molecule has 0 bridgehead atoms. The van der Waals surface area contributed by atoms with Gasteiger partial charge in [-0.2, -0.15) is 0 Å². The van der Waals surface area contributed by atoms with Crippen LogP contribution in [0, 0.1) is 6.92 Å². The van der Waals surface area contributed by atoms with Gasteiger partial charge in [-0.25, -0.2) is 9.97 Å². The third-order valence-electron chi connectivity index (χ3n) is 3.22. The summed E-state index contributed by atoms with van der Waals surface area (Å²) < 4.78 is 5.10. The molecule has 1 heterocycles. The molecule has 3 N–H and O–H groups in total. The van der Waals surface area contributed by atoms with Crippen LogP contribution in [0.3, 0.4) is 0 Å². The van der Waals surface area contributed by atoms with Crippen molar-refractivity contribution in [2.24, 2.45) is 0 Å². The molecule has 0 unspecified atom stereocenters. The zero-order chi connectivity index (χ0) is 16.3. The summed E-state index contributed by atoms with van der Waals surface area (Å²) in [6.07, 6.45) is 1.56. The van der Waals surface area contributed by atoms with Crippen LogP contribution in [-0.4, -0.2) is 23.0 Å². The fourth-order valence-electron chi connectivity index (χ4n) is 2.11. The van der Waals surface area contributed by atoms with Crippen molar-refractivity contribution in [1.82, 2.24) is 9.97 Å². The van der Waals surface area contributed by atoms with Crippen LogP contribution >= 0.6 is 12.4 Å². The molecule has 0 spiro atoms. The first kappa shape index (κ1) is 18.7. The van der Waals surface area contributed by atoms with Crippen molar-refractivity contribution >= 4 is 29.7 Å². The van der Waals surface area contributed by atoms with E-state index in [1.807, 2.05) is 13.8 Å². The van der Waals surface area contributed by atoms with Crippen LogP contribution in [0.15, 0.2) is 24.4 Å². The van der Waals surface area contributed by atoms with E-state index in [-0.39, 0.29) is 24.2 Å². The molecule has 0 aliphatic carbocycles. The molecule has 0 aliphatic rings. The second-order valence-electron chi connectivity index (χ2n) is 5.28. The lowest BCUT2D eigenvalue weighted by molar-refractivity contribution is 0.102. The number of carbonyl (C=O) groups excluding carboxylic acids is 1. The molecule has 0 saturated carbocycles. The zero-order valence-electron chi connectivity index (χ0n) is 13.6. The molecular formula is C16H21ClN4O2. The molecule has 1 aromatic carbocycles. The summed E-state index contributed by atoms with van der Waals surface area (Å²) in [6.45, 7) is 5.78. The minimum absolute atomic E-state index is 0. The van der Waals surface area contributed by atoms with Gasteiger partial charge in [0.1, 0.15) is 11.6 Å². The smallest absolute Gasteiger partial charge is 0.259 e. The molecule has 124 valence electrons. The molecule has 1 aromatic heterocycles. The number of nitrogens with zero attached hydrogens (tertiary/aromatic N) is 2. The van der Waals surface area contributed by atoms with Crippen molar-refractivity contribution in [2.45, 2.75) is 26.7 Å². The summed E-state index contributed by atoms with van der Waals surface area (Å²) in [5.41, 5.74) is 8.10. The van der Waals surface area contributed by atoms with E-state index in [4.69, 9.17) is 10.5 Å². The molecule has 0 fully saturated rings. The highest BCUT2D eigenvalue weighted by atomic mass is 35.5. The van der Waals surface area contributed by atoms with Crippen LogP contribution in [0.25, 0.3) is 0 Å². The lowest BCUT2D eigenvalue weighted by Gasteiger charge is -2.13. The number of ether oxygens (including phenoxy) is 1. The number of nitrogen functional groups attached to an aromatic ring is 1. The standard InChI is InChI=1S/C16H20N4O2.ClH/c1-9(2)15-12(8-18-10(3)19-15)16(21)20-11-5-6-14(22-4)13(17)7-11;/h5-9H,17H2,1-4H3,(H,20,21);1H. The van der Waals surface area contributed by atoms with E-state index in [1.165, 1.54) is 0 Å². The number of methoxy groups -OCH3 is 1. The van der Waals surface area contributed by atoms with Crippen molar-refractivity contribution in [2.75, 3.05) is 18.2 Å². The first-order chi connectivity index (χ1) is 10.4. The summed E-state index contributed by atoms with van der Waals surface area (Å²) in [5, 5.41) is 2.81. The van der Waals surface area contributed by atoms with E-state index in [1.54, 1.807) is 38.4 Å². The Balaban J connectivity index is 0.00000264. The normalized spacial score (nSPS) is 10.1. The number of carbonyl (C=O) groups is 1. The Morgan fingerprint density at radius 2 is 2.04 bits per heavy atom. The van der Waals surface area contributed by atoms with E-state index in [2.05, 4.69) is 15.3 Å². The minimum Gasteiger partial charge on any atom is -0.495 e. The van der Waals surface area contributed by atoms with Crippen LogP contribution in [0.1, 0.15) is 41.6 Å². The van der Waals surface area contributed by atoms with E-state index in [9.17, 15) is 4.79 Å². The lowest BCUT2D eigenvalue weighted by atomic mass is 10.0. The topological polar surface area (TPSA) is 90.1 Å². The fourth-order valence-corrected chi connectivity index (χ4v) is 2.11. The first-order valence-electron chi connectivity index (χ1n) is 7.00. The first-order valence-corrected chi connectivity index (χ1v) is 7.00. The Hall–Kier alpha value is -2.34. The Kier molecular flexibility index (Phi) is 6.33. The summed E-state index contributed by atoms with van der Waals surface area (Å²) >= 11 is 0. The van der Waals surface area contributed by atoms with Gasteiger partial charge in [-0.3, -0.25) is 4.79 Å². The molecular weight excluding hydrogens is 316 g/mol. The van der Waals surface area contributed by atoms with E-state index in [0.717, 1.165) is 5.69 Å². The maximum absolute atomic E-state index is 12.5. The molecule has 2 aromatic rings. The third kappa shape index (κ3) is 4.32. The molecule has 7 heteroatoms. The molecule has 23 heavy (non-hydrogen) atoms. The Morgan fingerprint density at radius 3 is 2.61 bits per heavy atom. The molecule has 0 aliphatic heterocycles. The van der Waals surface area contributed by atoms with Gasteiger partial charge in [0.2, 0.25) is 0 Å². The van der Waals surface area contributed by atoms with Gasteiger partial charge < -0.3 is 15.8 Å². The van der Waals surface area contributed by atoms with Crippen molar-refractivity contribution in [3.8, 4) is 5.75 Å². The monoisotopic (exact) mass is 336 g/mol.